The standard InChI is InChI=1S/C27H34O3/c1-18(2)7-12-22-16-24(17-23(27(22)29)13-8-19(3)4)20(5)9-10-21-11-14-25(28)26(15-21)30-6/h7-11,14-17,20,28-29H,12-13H2,1-6H3/b10-9+. The Morgan fingerprint density at radius 3 is 2.00 bits per heavy atom. The summed E-state index contributed by atoms with van der Waals surface area (Å²) in [6, 6.07) is 9.52. The van der Waals surface area contributed by atoms with Gasteiger partial charge in [0.2, 0.25) is 0 Å². The average Bonchev–Trinajstić information content (AvgIpc) is 2.70. The van der Waals surface area contributed by atoms with Gasteiger partial charge in [0, 0.05) is 0 Å². The minimum Gasteiger partial charge on any atom is -0.507 e. The van der Waals surface area contributed by atoms with Crippen LogP contribution in [0, 0.1) is 0 Å². The van der Waals surface area contributed by atoms with Crippen molar-refractivity contribution >= 4 is 6.08 Å². The molecule has 2 aromatic rings. The first-order valence-electron chi connectivity index (χ1n) is 10.4. The predicted molar refractivity (Wildman–Crippen MR) is 126 cm³/mol. The van der Waals surface area contributed by atoms with Crippen molar-refractivity contribution in [3.8, 4) is 17.2 Å². The molecule has 1 unspecified atom stereocenters. The van der Waals surface area contributed by atoms with Crippen LogP contribution in [-0.2, 0) is 12.8 Å². The quantitative estimate of drug-likeness (QED) is 0.467. The van der Waals surface area contributed by atoms with Crippen molar-refractivity contribution in [2.45, 2.75) is 53.4 Å². The zero-order valence-electron chi connectivity index (χ0n) is 19.0. The molecule has 2 rings (SSSR count). The SMILES string of the molecule is COc1cc(/C=C/C(C)c2cc(CC=C(C)C)c(O)c(CC=C(C)C)c2)ccc1O. The van der Waals surface area contributed by atoms with Crippen LogP contribution in [0.4, 0.5) is 0 Å². The lowest BCUT2D eigenvalue weighted by atomic mass is 9.92. The fourth-order valence-electron chi connectivity index (χ4n) is 3.15. The second kappa shape index (κ2) is 10.7. The number of methoxy groups -OCH3 is 1. The summed E-state index contributed by atoms with van der Waals surface area (Å²) in [5.41, 5.74) is 6.52. The highest BCUT2D eigenvalue weighted by Crippen LogP contribution is 2.32. The summed E-state index contributed by atoms with van der Waals surface area (Å²) in [4.78, 5) is 0. The summed E-state index contributed by atoms with van der Waals surface area (Å²) >= 11 is 0. The molecule has 0 spiro atoms. The normalized spacial score (nSPS) is 11.9. The van der Waals surface area contributed by atoms with Crippen molar-refractivity contribution in [3.63, 3.8) is 0 Å². The van der Waals surface area contributed by atoms with Gasteiger partial charge >= 0.3 is 0 Å². The number of ether oxygens (including phenoxy) is 1. The van der Waals surface area contributed by atoms with Gasteiger partial charge in [-0.15, -0.1) is 0 Å². The maximum Gasteiger partial charge on any atom is 0.161 e. The molecule has 1 atom stereocenters. The Kier molecular flexibility index (Phi) is 8.35. The van der Waals surface area contributed by atoms with Gasteiger partial charge in [-0.1, -0.05) is 60.6 Å². The molecule has 2 aromatic carbocycles. The van der Waals surface area contributed by atoms with Gasteiger partial charge in [-0.2, -0.15) is 0 Å². The van der Waals surface area contributed by atoms with E-state index in [0.29, 0.717) is 11.5 Å². The highest BCUT2D eigenvalue weighted by atomic mass is 16.5. The number of aromatic hydroxyl groups is 2. The first kappa shape index (κ1) is 23.3. The van der Waals surface area contributed by atoms with E-state index in [-0.39, 0.29) is 11.7 Å². The van der Waals surface area contributed by atoms with Gasteiger partial charge in [0.1, 0.15) is 5.75 Å². The number of phenolic OH excluding ortho intramolecular Hbond substituents is 2. The Bertz CT molecular complexity index is 915. The lowest BCUT2D eigenvalue weighted by Gasteiger charge is -2.15. The molecule has 3 nitrogen and oxygen atoms in total. The van der Waals surface area contributed by atoms with E-state index in [1.54, 1.807) is 13.2 Å². The summed E-state index contributed by atoms with van der Waals surface area (Å²) in [6.07, 6.45) is 9.89. The lowest BCUT2D eigenvalue weighted by molar-refractivity contribution is 0.373. The van der Waals surface area contributed by atoms with Crippen LogP contribution in [0.5, 0.6) is 17.2 Å². The maximum absolute atomic E-state index is 10.8. The molecule has 0 heterocycles. The van der Waals surface area contributed by atoms with Crippen LogP contribution >= 0.6 is 0 Å². The first-order valence-corrected chi connectivity index (χ1v) is 10.4. The van der Waals surface area contributed by atoms with E-state index in [2.05, 4.69) is 65.0 Å². The van der Waals surface area contributed by atoms with E-state index in [1.165, 1.54) is 16.7 Å². The largest absolute Gasteiger partial charge is 0.507 e. The van der Waals surface area contributed by atoms with Crippen molar-refractivity contribution in [2.24, 2.45) is 0 Å². The molecule has 0 aliphatic rings. The molecule has 2 N–H and O–H groups in total. The molecule has 3 heteroatoms. The monoisotopic (exact) mass is 406 g/mol. The summed E-state index contributed by atoms with van der Waals surface area (Å²) in [5, 5.41) is 20.6. The fraction of sp³-hybridized carbons (Fsp3) is 0.333. The molecule has 30 heavy (non-hydrogen) atoms. The topological polar surface area (TPSA) is 49.7 Å². The van der Waals surface area contributed by atoms with Crippen LogP contribution in [0.1, 0.15) is 62.8 Å². The second-order valence-corrected chi connectivity index (χ2v) is 8.24. The molecular formula is C27H34O3. The van der Waals surface area contributed by atoms with Crippen molar-refractivity contribution in [1.29, 1.82) is 0 Å². The molecular weight excluding hydrogens is 372 g/mol. The van der Waals surface area contributed by atoms with Crippen LogP contribution in [0.3, 0.4) is 0 Å². The first-order chi connectivity index (χ1) is 14.2. The number of phenols is 2. The summed E-state index contributed by atoms with van der Waals surface area (Å²) in [5.74, 6) is 1.16. The van der Waals surface area contributed by atoms with E-state index in [1.807, 2.05) is 18.2 Å². The van der Waals surface area contributed by atoms with Gasteiger partial charge in [0.05, 0.1) is 7.11 Å². The lowest BCUT2D eigenvalue weighted by Crippen LogP contribution is -1.97. The third-order valence-corrected chi connectivity index (χ3v) is 5.06. The summed E-state index contributed by atoms with van der Waals surface area (Å²) in [6.45, 7) is 10.4. The van der Waals surface area contributed by atoms with E-state index < -0.39 is 0 Å². The molecule has 0 fully saturated rings. The average molecular weight is 407 g/mol. The Hall–Kier alpha value is -2.94. The molecule has 0 aliphatic heterocycles. The van der Waals surface area contributed by atoms with Gasteiger partial charge in [0.25, 0.3) is 0 Å². The smallest absolute Gasteiger partial charge is 0.161 e. The number of allylic oxidation sites excluding steroid dienone is 5. The maximum atomic E-state index is 10.8. The minimum absolute atomic E-state index is 0.133. The molecule has 0 saturated carbocycles. The van der Waals surface area contributed by atoms with Gasteiger partial charge in [0.15, 0.2) is 11.5 Å². The third kappa shape index (κ3) is 6.55. The van der Waals surface area contributed by atoms with E-state index in [4.69, 9.17) is 4.74 Å². The van der Waals surface area contributed by atoms with Crippen molar-refractivity contribution in [1.82, 2.24) is 0 Å². The van der Waals surface area contributed by atoms with E-state index >= 15 is 0 Å². The molecule has 160 valence electrons. The molecule has 0 bridgehead atoms. The van der Waals surface area contributed by atoms with Crippen molar-refractivity contribution < 1.29 is 14.9 Å². The van der Waals surface area contributed by atoms with Crippen molar-refractivity contribution in [3.05, 3.63) is 82.0 Å². The summed E-state index contributed by atoms with van der Waals surface area (Å²) in [7, 11) is 1.55. The molecule has 0 radical (unpaired) electrons. The van der Waals surface area contributed by atoms with E-state index in [9.17, 15) is 10.2 Å². The van der Waals surface area contributed by atoms with Gasteiger partial charge in [-0.3, -0.25) is 0 Å². The fourth-order valence-corrected chi connectivity index (χ4v) is 3.15. The molecule has 0 aliphatic carbocycles. The number of benzene rings is 2. The Balaban J connectivity index is 2.37. The number of rotatable bonds is 8. The Morgan fingerprint density at radius 1 is 0.933 bits per heavy atom. The van der Waals surface area contributed by atoms with Crippen molar-refractivity contribution in [2.75, 3.05) is 7.11 Å². The van der Waals surface area contributed by atoms with Crippen LogP contribution in [-0.4, -0.2) is 17.3 Å². The molecule has 0 aromatic heterocycles. The third-order valence-electron chi connectivity index (χ3n) is 5.06. The minimum atomic E-state index is 0.133. The van der Waals surface area contributed by atoms with Gasteiger partial charge < -0.3 is 14.9 Å². The van der Waals surface area contributed by atoms with Crippen LogP contribution in [0.25, 0.3) is 6.08 Å². The second-order valence-electron chi connectivity index (χ2n) is 8.24. The Morgan fingerprint density at radius 2 is 1.50 bits per heavy atom. The van der Waals surface area contributed by atoms with Crippen LogP contribution in [0.2, 0.25) is 0 Å². The van der Waals surface area contributed by atoms with Gasteiger partial charge in [-0.25, -0.2) is 0 Å². The molecule has 0 saturated heterocycles. The van der Waals surface area contributed by atoms with Gasteiger partial charge in [-0.05, 0) is 80.8 Å². The van der Waals surface area contributed by atoms with Crippen LogP contribution < -0.4 is 4.74 Å². The predicted octanol–water partition coefficient (Wildman–Crippen LogP) is 6.94. The Labute approximate surface area is 181 Å². The van der Waals surface area contributed by atoms with Crippen LogP contribution in [0.15, 0.2) is 59.7 Å². The highest BCUT2D eigenvalue weighted by Gasteiger charge is 2.12. The summed E-state index contributed by atoms with van der Waals surface area (Å²) < 4.78 is 5.19. The molecule has 0 amide bonds. The zero-order valence-corrected chi connectivity index (χ0v) is 19.0. The highest BCUT2D eigenvalue weighted by molar-refractivity contribution is 5.57. The number of hydrogen-bond donors (Lipinski definition) is 2. The van der Waals surface area contributed by atoms with E-state index in [0.717, 1.165) is 29.5 Å². The number of hydrogen-bond acceptors (Lipinski definition) is 3. The zero-order chi connectivity index (χ0) is 22.3.